The van der Waals surface area contributed by atoms with Crippen LogP contribution in [-0.2, 0) is 25.7 Å². The second-order valence-electron chi connectivity index (χ2n) is 14.3. The Bertz CT molecular complexity index is 809. The van der Waals surface area contributed by atoms with Crippen molar-refractivity contribution in [3.63, 3.8) is 0 Å². The smallest absolute Gasteiger partial charge is 0.391 e. The Kier molecular flexibility index (Phi) is 29.8. The van der Waals surface area contributed by atoms with Crippen molar-refractivity contribution < 1.29 is 14.3 Å². The average Bonchev–Trinajstić information content (AvgIpc) is 3.04. The van der Waals surface area contributed by atoms with Crippen LogP contribution >= 0.6 is 8.60 Å². The van der Waals surface area contributed by atoms with Crippen LogP contribution in [0.15, 0.2) is 6.07 Å². The van der Waals surface area contributed by atoms with Crippen molar-refractivity contribution in [2.24, 2.45) is 0 Å². The second kappa shape index (κ2) is 31.6. The molecule has 0 atom stereocenters. The first-order chi connectivity index (χ1) is 22.6. The summed E-state index contributed by atoms with van der Waals surface area (Å²) in [6, 6.07) is 2.25. The zero-order chi connectivity index (χ0) is 33.5. The fraction of sp³-hybridized carbons (Fsp3) is 0.857. The zero-order valence-electron chi connectivity index (χ0n) is 31.5. The third-order valence-corrected chi connectivity index (χ3v) is 10.4. The van der Waals surface area contributed by atoms with E-state index in [9.17, 15) is 9.79 Å². The number of unbranched alkanes of at least 4 members (excludes halogenated alkanes) is 24. The number of rotatable bonds is 34. The molecular formula is C42H79O3P. The summed E-state index contributed by atoms with van der Waals surface area (Å²) in [4.78, 5) is 20.1. The highest BCUT2D eigenvalue weighted by Crippen LogP contribution is 2.39. The Hall–Kier alpha value is -0.630. The van der Waals surface area contributed by atoms with Crippen molar-refractivity contribution in [3.8, 4) is 5.75 Å². The van der Waals surface area contributed by atoms with Crippen LogP contribution in [0.1, 0.15) is 230 Å². The topological polar surface area (TPSA) is 49.7 Å². The van der Waals surface area contributed by atoms with E-state index >= 15 is 0 Å². The Morgan fingerprint density at radius 2 is 0.696 bits per heavy atom. The van der Waals surface area contributed by atoms with E-state index in [2.05, 4.69) is 33.8 Å². The molecule has 0 saturated carbocycles. The molecule has 0 amide bonds. The number of aryl methyl sites for hydroxylation is 1. The van der Waals surface area contributed by atoms with Crippen LogP contribution < -0.4 is 4.52 Å². The molecular weight excluding hydrogens is 583 g/mol. The van der Waals surface area contributed by atoms with E-state index in [1.54, 1.807) is 5.56 Å². The van der Waals surface area contributed by atoms with Gasteiger partial charge in [0, 0.05) is 0 Å². The van der Waals surface area contributed by atoms with E-state index in [1.165, 1.54) is 196 Å². The average molecular weight is 663 g/mol. The largest absolute Gasteiger partial charge is 0.427 e. The third kappa shape index (κ3) is 22.1. The molecule has 1 aromatic carbocycles. The van der Waals surface area contributed by atoms with Crippen LogP contribution in [0, 0.1) is 0 Å². The van der Waals surface area contributed by atoms with Gasteiger partial charge in [-0.25, -0.2) is 0 Å². The first-order valence-corrected chi connectivity index (χ1v) is 21.8. The maximum Gasteiger partial charge on any atom is 0.391 e. The lowest BCUT2D eigenvalue weighted by atomic mass is 9.85. The molecule has 0 radical (unpaired) electrons. The Balaban J connectivity index is 3.22. The van der Waals surface area contributed by atoms with Crippen LogP contribution in [0.25, 0.3) is 0 Å². The molecule has 2 N–H and O–H groups in total. The van der Waals surface area contributed by atoms with E-state index in [0.29, 0.717) is 0 Å². The van der Waals surface area contributed by atoms with Gasteiger partial charge in [0.15, 0.2) is 0 Å². The molecule has 4 heteroatoms. The highest BCUT2D eigenvalue weighted by molar-refractivity contribution is 7.39. The summed E-state index contributed by atoms with van der Waals surface area (Å²) in [7, 11) is -2.43. The summed E-state index contributed by atoms with van der Waals surface area (Å²) < 4.78 is 5.89. The molecule has 0 aliphatic rings. The van der Waals surface area contributed by atoms with Gasteiger partial charge < -0.3 is 14.3 Å². The van der Waals surface area contributed by atoms with Gasteiger partial charge in [-0.3, -0.25) is 0 Å². The van der Waals surface area contributed by atoms with Crippen molar-refractivity contribution in [2.45, 2.75) is 233 Å². The van der Waals surface area contributed by atoms with Crippen LogP contribution in [0.5, 0.6) is 5.75 Å². The fourth-order valence-electron chi connectivity index (χ4n) is 7.19. The third-order valence-electron chi connectivity index (χ3n) is 10.0. The van der Waals surface area contributed by atoms with Crippen LogP contribution in [0.3, 0.4) is 0 Å². The number of benzene rings is 1. The summed E-state index contributed by atoms with van der Waals surface area (Å²) in [6.45, 7) is 9.17. The van der Waals surface area contributed by atoms with Gasteiger partial charge in [-0.2, -0.15) is 0 Å². The summed E-state index contributed by atoms with van der Waals surface area (Å²) >= 11 is 0. The molecule has 0 heterocycles. The quantitative estimate of drug-likeness (QED) is 0.0570. The SMILES string of the molecule is CCCCCCCCCc1cc(OP(O)O)c(CCCCCCCCC)c(CCCCCCCCC)c1CCCCCCCCC. The molecule has 0 fully saturated rings. The van der Waals surface area contributed by atoms with E-state index in [4.69, 9.17) is 4.52 Å². The predicted molar refractivity (Wildman–Crippen MR) is 205 cm³/mol. The highest BCUT2D eigenvalue weighted by Gasteiger charge is 2.20. The van der Waals surface area contributed by atoms with E-state index < -0.39 is 8.60 Å². The molecule has 46 heavy (non-hydrogen) atoms. The summed E-state index contributed by atoms with van der Waals surface area (Å²) in [6.07, 6.45) is 41.2. The van der Waals surface area contributed by atoms with Gasteiger partial charge in [-0.1, -0.05) is 182 Å². The monoisotopic (exact) mass is 663 g/mol. The van der Waals surface area contributed by atoms with Crippen LogP contribution in [-0.4, -0.2) is 9.79 Å². The summed E-state index contributed by atoms with van der Waals surface area (Å²) in [5, 5.41) is 0. The van der Waals surface area contributed by atoms with Crippen molar-refractivity contribution in [3.05, 3.63) is 28.3 Å². The number of hydrogen-bond acceptors (Lipinski definition) is 3. The highest BCUT2D eigenvalue weighted by atomic mass is 31.2. The lowest BCUT2D eigenvalue weighted by Gasteiger charge is -2.23. The minimum atomic E-state index is -2.43. The van der Waals surface area contributed by atoms with Crippen molar-refractivity contribution in [2.75, 3.05) is 0 Å². The van der Waals surface area contributed by atoms with Gasteiger partial charge in [0.05, 0.1) is 0 Å². The number of hydrogen-bond donors (Lipinski definition) is 2. The minimum Gasteiger partial charge on any atom is -0.427 e. The molecule has 0 saturated heterocycles. The molecule has 3 nitrogen and oxygen atoms in total. The molecule has 0 spiro atoms. The standard InChI is InChI=1S/C42H79O3P/c1-5-9-13-17-21-25-29-33-38-37-42(45-46(43)44)41(36-32-28-24-20-16-12-8-4)40(35-31-27-23-19-15-11-7-3)39(38)34-30-26-22-18-14-10-6-2/h37,43-44H,5-36H2,1-4H3. The van der Waals surface area contributed by atoms with Gasteiger partial charge in [-0.05, 0) is 79.7 Å². The lowest BCUT2D eigenvalue weighted by Crippen LogP contribution is -2.09. The minimum absolute atomic E-state index is 0.779. The summed E-state index contributed by atoms with van der Waals surface area (Å²) in [5.41, 5.74) is 5.87. The van der Waals surface area contributed by atoms with E-state index in [-0.39, 0.29) is 0 Å². The van der Waals surface area contributed by atoms with E-state index in [0.717, 1.165) is 31.4 Å². The molecule has 0 bridgehead atoms. The first kappa shape index (κ1) is 43.4. The van der Waals surface area contributed by atoms with Crippen molar-refractivity contribution >= 4 is 8.60 Å². The molecule has 0 unspecified atom stereocenters. The molecule has 1 aromatic rings. The lowest BCUT2D eigenvalue weighted by molar-refractivity contribution is 0.372. The maximum absolute atomic E-state index is 10.1. The van der Waals surface area contributed by atoms with Gasteiger partial charge in [-0.15, -0.1) is 0 Å². The normalized spacial score (nSPS) is 11.6. The van der Waals surface area contributed by atoms with Crippen LogP contribution in [0.4, 0.5) is 0 Å². The van der Waals surface area contributed by atoms with E-state index in [1.807, 2.05) is 0 Å². The first-order valence-electron chi connectivity index (χ1n) is 20.6. The Labute approximate surface area is 289 Å². The van der Waals surface area contributed by atoms with Gasteiger partial charge in [0.25, 0.3) is 0 Å². The van der Waals surface area contributed by atoms with Gasteiger partial charge in [0.2, 0.25) is 0 Å². The molecule has 0 aliphatic heterocycles. The Morgan fingerprint density at radius 3 is 1.07 bits per heavy atom. The van der Waals surface area contributed by atoms with Gasteiger partial charge in [0.1, 0.15) is 5.75 Å². The Morgan fingerprint density at radius 1 is 0.391 bits per heavy atom. The maximum atomic E-state index is 10.1. The summed E-state index contributed by atoms with van der Waals surface area (Å²) in [5.74, 6) is 0.779. The molecule has 0 aliphatic carbocycles. The second-order valence-corrected chi connectivity index (χ2v) is 15.0. The molecule has 270 valence electrons. The van der Waals surface area contributed by atoms with Crippen molar-refractivity contribution in [1.29, 1.82) is 0 Å². The van der Waals surface area contributed by atoms with Crippen LogP contribution in [0.2, 0.25) is 0 Å². The fourth-order valence-corrected chi connectivity index (χ4v) is 7.52. The molecule has 0 aromatic heterocycles. The zero-order valence-corrected chi connectivity index (χ0v) is 32.3. The molecule has 1 rings (SSSR count). The predicted octanol–water partition coefficient (Wildman–Crippen LogP) is 14.4. The van der Waals surface area contributed by atoms with Gasteiger partial charge >= 0.3 is 8.60 Å². The van der Waals surface area contributed by atoms with Crippen molar-refractivity contribution in [1.82, 2.24) is 0 Å².